The van der Waals surface area contributed by atoms with E-state index in [9.17, 15) is 0 Å². The van der Waals surface area contributed by atoms with E-state index < -0.39 is 0 Å². The molecule has 0 bridgehead atoms. The van der Waals surface area contributed by atoms with E-state index >= 15 is 0 Å². The third kappa shape index (κ3) is 1.53. The minimum atomic E-state index is 1.17. The molecule has 1 aliphatic rings. The van der Waals surface area contributed by atoms with Crippen molar-refractivity contribution in [1.82, 2.24) is 4.98 Å². The summed E-state index contributed by atoms with van der Waals surface area (Å²) in [6.07, 6.45) is 8.52. The Labute approximate surface area is 96.2 Å². The Bertz CT molecular complexity index is 529. The van der Waals surface area contributed by atoms with Crippen LogP contribution in [0.4, 0.5) is 0 Å². The van der Waals surface area contributed by atoms with Gasteiger partial charge in [-0.05, 0) is 54.5 Å². The molecule has 0 saturated heterocycles. The van der Waals surface area contributed by atoms with Crippen LogP contribution >= 0.6 is 0 Å². The molecule has 1 nitrogen and oxygen atoms in total. The van der Waals surface area contributed by atoms with Crippen LogP contribution in [-0.2, 0) is 6.42 Å². The standard InChI is InChI=1S/C15H14N/c1-11-8-13(10-16-9-11)15-7-3-5-12-4-2-6-14(12)15/h3-5,7-10H,2,6H2,1H3. The van der Waals surface area contributed by atoms with Crippen LogP contribution in [0.3, 0.4) is 0 Å². The number of hydrogen-bond donors (Lipinski definition) is 0. The average molecular weight is 208 g/mol. The number of nitrogens with zero attached hydrogens (tertiary/aromatic N) is 1. The zero-order chi connectivity index (χ0) is 11.0. The highest BCUT2D eigenvalue weighted by Gasteiger charge is 2.15. The first-order valence-electron chi connectivity index (χ1n) is 5.72. The molecule has 0 saturated carbocycles. The Hall–Kier alpha value is -1.63. The van der Waals surface area contributed by atoms with Gasteiger partial charge in [-0.2, -0.15) is 0 Å². The molecule has 1 aliphatic carbocycles. The van der Waals surface area contributed by atoms with Crippen molar-refractivity contribution >= 4 is 0 Å². The van der Waals surface area contributed by atoms with Crippen molar-refractivity contribution < 1.29 is 0 Å². The number of benzene rings is 1. The van der Waals surface area contributed by atoms with Gasteiger partial charge in [-0.15, -0.1) is 0 Å². The summed E-state index contributed by atoms with van der Waals surface area (Å²) in [4.78, 5) is 4.28. The van der Waals surface area contributed by atoms with Crippen LogP contribution in [-0.4, -0.2) is 4.98 Å². The molecule has 0 N–H and O–H groups in total. The maximum Gasteiger partial charge on any atom is 0.0346 e. The largest absolute Gasteiger partial charge is 0.264 e. The Morgan fingerprint density at radius 2 is 2.12 bits per heavy atom. The predicted molar refractivity (Wildman–Crippen MR) is 66.1 cm³/mol. The molecule has 1 heterocycles. The number of fused-ring (bicyclic) bond motifs is 1. The first-order chi connectivity index (χ1) is 7.84. The van der Waals surface area contributed by atoms with Crippen molar-refractivity contribution in [2.45, 2.75) is 19.8 Å². The molecular formula is C15H14N. The molecule has 1 aromatic heterocycles. The predicted octanol–water partition coefficient (Wildman–Crippen LogP) is 3.56. The summed E-state index contributed by atoms with van der Waals surface area (Å²) >= 11 is 0. The molecular weight excluding hydrogens is 194 g/mol. The molecule has 79 valence electrons. The smallest absolute Gasteiger partial charge is 0.0346 e. The second-order valence-corrected chi connectivity index (χ2v) is 4.37. The summed E-state index contributed by atoms with van der Waals surface area (Å²) in [7, 11) is 0. The first kappa shape index (κ1) is 9.59. The fourth-order valence-corrected chi connectivity index (χ4v) is 2.42. The summed E-state index contributed by atoms with van der Waals surface area (Å²) in [5, 5.41) is 0. The number of hydrogen-bond acceptors (Lipinski definition) is 1. The number of pyridine rings is 1. The summed E-state index contributed by atoms with van der Waals surface area (Å²) in [5.41, 5.74) is 6.69. The van der Waals surface area contributed by atoms with Crippen molar-refractivity contribution in [2.24, 2.45) is 0 Å². The highest BCUT2D eigenvalue weighted by Crippen LogP contribution is 2.33. The Morgan fingerprint density at radius 1 is 1.19 bits per heavy atom. The van der Waals surface area contributed by atoms with Gasteiger partial charge < -0.3 is 0 Å². The summed E-state index contributed by atoms with van der Waals surface area (Å²) in [5.74, 6) is 0. The molecule has 2 aromatic rings. The number of aryl methyl sites for hydroxylation is 1. The van der Waals surface area contributed by atoms with Crippen molar-refractivity contribution in [1.29, 1.82) is 0 Å². The lowest BCUT2D eigenvalue weighted by Crippen LogP contribution is -1.89. The summed E-state index contributed by atoms with van der Waals surface area (Å²) in [6.45, 7) is 2.09. The van der Waals surface area contributed by atoms with Gasteiger partial charge in [0.05, 0.1) is 0 Å². The highest BCUT2D eigenvalue weighted by atomic mass is 14.6. The van der Waals surface area contributed by atoms with E-state index in [1.54, 1.807) is 0 Å². The quantitative estimate of drug-likeness (QED) is 0.698. The minimum absolute atomic E-state index is 1.17. The SMILES string of the molecule is Cc1cncc(-c2cccc3c2CC[CH]3)c1. The van der Waals surface area contributed by atoms with Crippen molar-refractivity contribution in [3.63, 3.8) is 0 Å². The lowest BCUT2D eigenvalue weighted by Gasteiger charge is -2.08. The van der Waals surface area contributed by atoms with Crippen LogP contribution in [0.1, 0.15) is 23.1 Å². The third-order valence-corrected chi connectivity index (χ3v) is 3.16. The van der Waals surface area contributed by atoms with Crippen molar-refractivity contribution in [2.75, 3.05) is 0 Å². The zero-order valence-corrected chi connectivity index (χ0v) is 9.40. The monoisotopic (exact) mass is 208 g/mol. The van der Waals surface area contributed by atoms with Gasteiger partial charge in [0.15, 0.2) is 0 Å². The van der Waals surface area contributed by atoms with Crippen LogP contribution in [0.15, 0.2) is 36.7 Å². The molecule has 0 spiro atoms. The van der Waals surface area contributed by atoms with Gasteiger partial charge in [0.2, 0.25) is 0 Å². The van der Waals surface area contributed by atoms with Crippen LogP contribution in [0.2, 0.25) is 0 Å². The summed E-state index contributed by atoms with van der Waals surface area (Å²) < 4.78 is 0. The zero-order valence-electron chi connectivity index (χ0n) is 9.40. The van der Waals surface area contributed by atoms with E-state index in [0.29, 0.717) is 0 Å². The molecule has 1 aromatic carbocycles. The fourth-order valence-electron chi connectivity index (χ4n) is 2.42. The Kier molecular flexibility index (Phi) is 2.24. The van der Waals surface area contributed by atoms with Crippen molar-refractivity contribution in [3.05, 3.63) is 59.8 Å². The van der Waals surface area contributed by atoms with E-state index in [4.69, 9.17) is 0 Å². The van der Waals surface area contributed by atoms with E-state index in [0.717, 1.165) is 0 Å². The second-order valence-electron chi connectivity index (χ2n) is 4.37. The van der Waals surface area contributed by atoms with E-state index in [-0.39, 0.29) is 0 Å². The van der Waals surface area contributed by atoms with E-state index in [2.05, 4.69) is 42.6 Å². The normalized spacial score (nSPS) is 13.8. The number of rotatable bonds is 1. The lowest BCUT2D eigenvalue weighted by molar-refractivity contribution is 1.04. The van der Waals surface area contributed by atoms with Crippen LogP contribution in [0.5, 0.6) is 0 Å². The maximum atomic E-state index is 4.28. The summed E-state index contributed by atoms with van der Waals surface area (Å²) in [6, 6.07) is 8.75. The molecule has 16 heavy (non-hydrogen) atoms. The van der Waals surface area contributed by atoms with Gasteiger partial charge >= 0.3 is 0 Å². The molecule has 0 amide bonds. The van der Waals surface area contributed by atoms with Gasteiger partial charge in [0.1, 0.15) is 0 Å². The molecule has 1 radical (unpaired) electrons. The number of aromatic nitrogens is 1. The van der Waals surface area contributed by atoms with Gasteiger partial charge in [-0.1, -0.05) is 18.2 Å². The average Bonchev–Trinajstić information content (AvgIpc) is 2.76. The van der Waals surface area contributed by atoms with Crippen LogP contribution in [0, 0.1) is 13.3 Å². The molecule has 0 unspecified atom stereocenters. The first-order valence-corrected chi connectivity index (χ1v) is 5.72. The molecule has 0 fully saturated rings. The van der Waals surface area contributed by atoms with Gasteiger partial charge in [-0.25, -0.2) is 0 Å². The minimum Gasteiger partial charge on any atom is -0.264 e. The topological polar surface area (TPSA) is 12.9 Å². The molecule has 0 aliphatic heterocycles. The van der Waals surface area contributed by atoms with Crippen LogP contribution in [0.25, 0.3) is 11.1 Å². The fraction of sp³-hybridized carbons (Fsp3) is 0.200. The Morgan fingerprint density at radius 3 is 3.00 bits per heavy atom. The van der Waals surface area contributed by atoms with Crippen molar-refractivity contribution in [3.8, 4) is 11.1 Å². The lowest BCUT2D eigenvalue weighted by atomic mass is 9.97. The highest BCUT2D eigenvalue weighted by molar-refractivity contribution is 5.70. The van der Waals surface area contributed by atoms with E-state index in [1.165, 1.54) is 40.7 Å². The van der Waals surface area contributed by atoms with Gasteiger partial charge in [-0.3, -0.25) is 4.98 Å². The molecule has 1 heteroatoms. The maximum absolute atomic E-state index is 4.28. The van der Waals surface area contributed by atoms with Crippen LogP contribution < -0.4 is 0 Å². The third-order valence-electron chi connectivity index (χ3n) is 3.16. The van der Waals surface area contributed by atoms with Gasteiger partial charge in [0.25, 0.3) is 0 Å². The molecule has 0 atom stereocenters. The van der Waals surface area contributed by atoms with E-state index in [1.807, 2.05) is 12.4 Å². The second kappa shape index (κ2) is 3.75. The Balaban J connectivity index is 2.17. The molecule has 3 rings (SSSR count). The van der Waals surface area contributed by atoms with Gasteiger partial charge in [0, 0.05) is 18.0 Å².